The van der Waals surface area contributed by atoms with E-state index in [2.05, 4.69) is 20.6 Å². The van der Waals surface area contributed by atoms with Gasteiger partial charge in [0.05, 0.1) is 0 Å². The van der Waals surface area contributed by atoms with Crippen molar-refractivity contribution in [2.45, 2.75) is 32.6 Å². The van der Waals surface area contributed by atoms with Gasteiger partial charge in [-0.2, -0.15) is 0 Å². The van der Waals surface area contributed by atoms with Crippen molar-refractivity contribution in [2.24, 2.45) is 0 Å². The van der Waals surface area contributed by atoms with Gasteiger partial charge in [-0.15, -0.1) is 0 Å². The fourth-order valence-corrected chi connectivity index (χ4v) is 2.20. The third-order valence-electron chi connectivity index (χ3n) is 3.47. The van der Waals surface area contributed by atoms with E-state index in [1.807, 2.05) is 13.0 Å². The molecule has 1 aliphatic carbocycles. The highest BCUT2D eigenvalue weighted by Crippen LogP contribution is 2.39. The molecular weight excluding hydrogens is 267 g/mol. The van der Waals surface area contributed by atoms with Crippen molar-refractivity contribution in [2.75, 3.05) is 17.2 Å². The Balaban J connectivity index is 1.87. The van der Waals surface area contributed by atoms with Gasteiger partial charge in [-0.1, -0.05) is 0 Å². The van der Waals surface area contributed by atoms with Crippen molar-refractivity contribution in [1.29, 1.82) is 0 Å². The predicted molar refractivity (Wildman–Crippen MR) is 82.6 cm³/mol. The molecule has 0 bridgehead atoms. The van der Waals surface area contributed by atoms with E-state index < -0.39 is 0 Å². The maximum Gasteiger partial charge on any atom is 0.136 e. The molecule has 4 nitrogen and oxygen atoms in total. The molecule has 0 aliphatic heterocycles. The van der Waals surface area contributed by atoms with Gasteiger partial charge in [0.2, 0.25) is 0 Å². The number of nitrogens with one attached hydrogen (secondary N) is 2. The lowest BCUT2D eigenvalue weighted by molar-refractivity contribution is 0.619. The van der Waals surface area contributed by atoms with E-state index in [0.29, 0.717) is 11.5 Å². The van der Waals surface area contributed by atoms with Gasteiger partial charge in [-0.25, -0.2) is 14.4 Å². The van der Waals surface area contributed by atoms with E-state index in [1.54, 1.807) is 19.1 Å². The van der Waals surface area contributed by atoms with Crippen LogP contribution in [0.3, 0.4) is 0 Å². The van der Waals surface area contributed by atoms with Crippen LogP contribution < -0.4 is 10.6 Å². The minimum absolute atomic E-state index is 0.199. The zero-order chi connectivity index (χ0) is 14.8. The Morgan fingerprint density at radius 3 is 2.62 bits per heavy atom. The first-order chi connectivity index (χ1) is 10.2. The lowest BCUT2D eigenvalue weighted by Gasteiger charge is -2.11. The van der Waals surface area contributed by atoms with Crippen molar-refractivity contribution >= 4 is 17.3 Å². The Kier molecular flexibility index (Phi) is 3.73. The number of hydrogen-bond acceptors (Lipinski definition) is 4. The Morgan fingerprint density at radius 2 is 1.95 bits per heavy atom. The van der Waals surface area contributed by atoms with Crippen LogP contribution >= 0.6 is 0 Å². The first-order valence-electron chi connectivity index (χ1n) is 7.31. The summed E-state index contributed by atoms with van der Waals surface area (Å²) in [6, 6.07) is 6.84. The third-order valence-corrected chi connectivity index (χ3v) is 3.47. The molecule has 2 N–H and O–H groups in total. The number of aromatic nitrogens is 2. The van der Waals surface area contributed by atoms with Gasteiger partial charge in [0.15, 0.2) is 0 Å². The Hall–Kier alpha value is -2.17. The van der Waals surface area contributed by atoms with Crippen LogP contribution in [-0.2, 0) is 0 Å². The normalized spacial score (nSPS) is 14.0. The summed E-state index contributed by atoms with van der Waals surface area (Å²) in [6.07, 6.45) is 2.31. The van der Waals surface area contributed by atoms with Gasteiger partial charge in [0.25, 0.3) is 0 Å². The van der Waals surface area contributed by atoms with Crippen LogP contribution in [0.4, 0.5) is 21.7 Å². The second kappa shape index (κ2) is 5.68. The zero-order valence-corrected chi connectivity index (χ0v) is 12.3. The standard InChI is InChI=1S/C16H19FN4/c1-3-18-14-9-15(21-16(20-14)11-4-5-11)19-12-6-7-13(17)10(2)8-12/h6-9,11H,3-5H2,1-2H3,(H2,18,19,20,21). The van der Waals surface area contributed by atoms with E-state index in [1.165, 1.54) is 6.07 Å². The lowest BCUT2D eigenvalue weighted by Crippen LogP contribution is -2.05. The Labute approximate surface area is 123 Å². The monoisotopic (exact) mass is 286 g/mol. The molecule has 21 heavy (non-hydrogen) atoms. The van der Waals surface area contributed by atoms with Crippen molar-refractivity contribution < 1.29 is 4.39 Å². The molecule has 0 atom stereocenters. The minimum Gasteiger partial charge on any atom is -0.370 e. The van der Waals surface area contributed by atoms with Crippen LogP contribution in [0.25, 0.3) is 0 Å². The zero-order valence-electron chi connectivity index (χ0n) is 12.3. The highest BCUT2D eigenvalue weighted by Gasteiger charge is 2.27. The molecular formula is C16H19FN4. The minimum atomic E-state index is -0.199. The fourth-order valence-electron chi connectivity index (χ4n) is 2.20. The summed E-state index contributed by atoms with van der Waals surface area (Å²) in [6.45, 7) is 4.60. The summed E-state index contributed by atoms with van der Waals surface area (Å²) in [7, 11) is 0. The van der Waals surface area contributed by atoms with Gasteiger partial charge in [0.1, 0.15) is 23.3 Å². The summed E-state index contributed by atoms with van der Waals surface area (Å²) < 4.78 is 13.3. The third kappa shape index (κ3) is 3.29. The predicted octanol–water partition coefficient (Wildman–Crippen LogP) is 3.98. The van der Waals surface area contributed by atoms with Crippen LogP contribution in [-0.4, -0.2) is 16.5 Å². The molecule has 1 aromatic carbocycles. The van der Waals surface area contributed by atoms with E-state index in [4.69, 9.17) is 0 Å². The molecule has 0 unspecified atom stereocenters. The summed E-state index contributed by atoms with van der Waals surface area (Å²) in [4.78, 5) is 9.11. The molecule has 1 aromatic heterocycles. The smallest absolute Gasteiger partial charge is 0.136 e. The number of aryl methyl sites for hydroxylation is 1. The molecule has 110 valence electrons. The topological polar surface area (TPSA) is 49.8 Å². The van der Waals surface area contributed by atoms with Crippen LogP contribution in [0.5, 0.6) is 0 Å². The molecule has 3 rings (SSSR count). The van der Waals surface area contributed by atoms with E-state index in [-0.39, 0.29) is 5.82 Å². The van der Waals surface area contributed by atoms with Gasteiger partial charge < -0.3 is 10.6 Å². The van der Waals surface area contributed by atoms with Gasteiger partial charge in [-0.05, 0) is 50.5 Å². The number of anilines is 3. The quantitative estimate of drug-likeness (QED) is 0.873. The molecule has 1 fully saturated rings. The van der Waals surface area contributed by atoms with Gasteiger partial charge >= 0.3 is 0 Å². The first kappa shape index (κ1) is 13.8. The molecule has 2 aromatic rings. The average molecular weight is 286 g/mol. The summed E-state index contributed by atoms with van der Waals surface area (Å²) in [5, 5.41) is 6.46. The van der Waals surface area contributed by atoms with Crippen LogP contribution in [0.2, 0.25) is 0 Å². The SMILES string of the molecule is CCNc1cc(Nc2ccc(F)c(C)c2)nc(C2CC2)n1. The van der Waals surface area contributed by atoms with Gasteiger partial charge in [0, 0.05) is 24.2 Å². The average Bonchev–Trinajstić information content (AvgIpc) is 3.28. The number of rotatable bonds is 5. The molecule has 5 heteroatoms. The molecule has 0 radical (unpaired) electrons. The van der Waals surface area contributed by atoms with E-state index in [0.717, 1.165) is 42.5 Å². The molecule has 1 heterocycles. The van der Waals surface area contributed by atoms with Crippen LogP contribution in [0, 0.1) is 12.7 Å². The molecule has 1 saturated carbocycles. The van der Waals surface area contributed by atoms with Crippen LogP contribution in [0.1, 0.15) is 37.1 Å². The lowest BCUT2D eigenvalue weighted by atomic mass is 10.2. The van der Waals surface area contributed by atoms with E-state index in [9.17, 15) is 4.39 Å². The van der Waals surface area contributed by atoms with Crippen molar-refractivity contribution in [3.05, 3.63) is 41.5 Å². The maximum absolute atomic E-state index is 13.3. The van der Waals surface area contributed by atoms with Crippen molar-refractivity contribution in [3.63, 3.8) is 0 Å². The number of halogens is 1. The number of hydrogen-bond donors (Lipinski definition) is 2. The molecule has 0 spiro atoms. The van der Waals surface area contributed by atoms with Crippen LogP contribution in [0.15, 0.2) is 24.3 Å². The number of nitrogens with zero attached hydrogens (tertiary/aromatic N) is 2. The highest BCUT2D eigenvalue weighted by atomic mass is 19.1. The largest absolute Gasteiger partial charge is 0.370 e. The summed E-state index contributed by atoms with van der Waals surface area (Å²) >= 11 is 0. The molecule has 1 aliphatic rings. The van der Waals surface area contributed by atoms with Crippen molar-refractivity contribution in [1.82, 2.24) is 9.97 Å². The summed E-state index contributed by atoms with van der Waals surface area (Å²) in [5.74, 6) is 2.74. The maximum atomic E-state index is 13.3. The highest BCUT2D eigenvalue weighted by molar-refractivity contribution is 5.60. The fraction of sp³-hybridized carbons (Fsp3) is 0.375. The molecule has 0 saturated heterocycles. The first-order valence-corrected chi connectivity index (χ1v) is 7.31. The Bertz CT molecular complexity index is 653. The van der Waals surface area contributed by atoms with Crippen molar-refractivity contribution in [3.8, 4) is 0 Å². The van der Waals surface area contributed by atoms with E-state index >= 15 is 0 Å². The second-order valence-corrected chi connectivity index (χ2v) is 5.39. The summed E-state index contributed by atoms with van der Waals surface area (Å²) in [5.41, 5.74) is 1.44. The van der Waals surface area contributed by atoms with Gasteiger partial charge in [-0.3, -0.25) is 0 Å². The number of benzene rings is 1. The molecule has 0 amide bonds. The second-order valence-electron chi connectivity index (χ2n) is 5.39. The Morgan fingerprint density at radius 1 is 1.19 bits per heavy atom.